The first kappa shape index (κ1) is 13.0. The molecule has 0 bridgehead atoms. The molecule has 1 heterocycles. The number of likely N-dealkylation sites (tertiary alicyclic amines) is 1. The Morgan fingerprint density at radius 1 is 1.07 bits per heavy atom. The third kappa shape index (κ3) is 3.21. The van der Waals surface area contributed by atoms with E-state index >= 15 is 0 Å². The number of hydrogen-bond donors (Lipinski definition) is 0. The highest BCUT2D eigenvalue weighted by Gasteiger charge is 2.33. The van der Waals surface area contributed by atoms with Crippen LogP contribution in [0.15, 0.2) is 0 Å². The van der Waals surface area contributed by atoms with Gasteiger partial charge in [-0.05, 0) is 45.1 Å². The fourth-order valence-electron chi connectivity index (χ4n) is 3.04. The number of nitrogens with zero attached hydrogens (tertiary/aromatic N) is 1. The van der Waals surface area contributed by atoms with Crippen molar-refractivity contribution in [1.29, 1.82) is 0 Å². The summed E-state index contributed by atoms with van der Waals surface area (Å²) in [7, 11) is 0. The van der Waals surface area contributed by atoms with Gasteiger partial charge in [0.2, 0.25) is 0 Å². The molecule has 0 aromatic rings. The molecule has 1 heteroatoms. The maximum absolute atomic E-state index is 2.74. The second-order valence-corrected chi connectivity index (χ2v) is 5.61. The largest absolute Gasteiger partial charge is 0.298 e. The lowest BCUT2D eigenvalue weighted by Gasteiger charge is -2.46. The van der Waals surface area contributed by atoms with E-state index in [4.69, 9.17) is 0 Å². The molecule has 0 spiro atoms. The van der Waals surface area contributed by atoms with Crippen molar-refractivity contribution in [3.63, 3.8) is 0 Å². The van der Waals surface area contributed by atoms with Gasteiger partial charge in [-0.3, -0.25) is 4.90 Å². The average molecular weight is 211 g/mol. The topological polar surface area (TPSA) is 3.24 Å². The zero-order valence-corrected chi connectivity index (χ0v) is 11.3. The Morgan fingerprint density at radius 2 is 1.73 bits per heavy atom. The van der Waals surface area contributed by atoms with Crippen LogP contribution in [0.2, 0.25) is 0 Å². The molecule has 1 fully saturated rings. The van der Waals surface area contributed by atoms with Crippen molar-refractivity contribution >= 4 is 0 Å². The minimum absolute atomic E-state index is 0.778. The van der Waals surface area contributed by atoms with Crippen LogP contribution in [0.4, 0.5) is 0 Å². The highest BCUT2D eigenvalue weighted by molar-refractivity contribution is 4.87. The van der Waals surface area contributed by atoms with E-state index in [0.29, 0.717) is 0 Å². The Hall–Kier alpha value is -0.0400. The number of piperidine rings is 1. The van der Waals surface area contributed by atoms with Crippen molar-refractivity contribution < 1.29 is 0 Å². The Morgan fingerprint density at radius 3 is 2.33 bits per heavy atom. The number of rotatable bonds is 4. The molecule has 1 rings (SSSR count). The molecule has 1 saturated heterocycles. The molecule has 0 amide bonds. The monoisotopic (exact) mass is 211 g/mol. The zero-order valence-electron chi connectivity index (χ0n) is 11.3. The van der Waals surface area contributed by atoms with Gasteiger partial charge in [0.1, 0.15) is 0 Å². The molecule has 4 atom stereocenters. The van der Waals surface area contributed by atoms with Gasteiger partial charge in [0, 0.05) is 12.1 Å². The minimum Gasteiger partial charge on any atom is -0.298 e. The van der Waals surface area contributed by atoms with Crippen LogP contribution >= 0.6 is 0 Å². The van der Waals surface area contributed by atoms with Gasteiger partial charge in [-0.25, -0.2) is 0 Å². The van der Waals surface area contributed by atoms with E-state index in [1.807, 2.05) is 0 Å². The standard InChI is InChI=1S/C14H29N/c1-6-7-8-9-15-12(3)10-11(2)13(4)14(15)5/h11-14H,6-10H2,1-5H3. The highest BCUT2D eigenvalue weighted by atomic mass is 15.2. The first-order valence-corrected chi connectivity index (χ1v) is 6.83. The summed E-state index contributed by atoms with van der Waals surface area (Å²) >= 11 is 0. The van der Waals surface area contributed by atoms with Gasteiger partial charge in [0.15, 0.2) is 0 Å². The van der Waals surface area contributed by atoms with Gasteiger partial charge >= 0.3 is 0 Å². The summed E-state index contributed by atoms with van der Waals surface area (Å²) in [5.41, 5.74) is 0. The van der Waals surface area contributed by atoms with Crippen LogP contribution in [0, 0.1) is 11.8 Å². The smallest absolute Gasteiger partial charge is 0.00979 e. The van der Waals surface area contributed by atoms with Gasteiger partial charge in [-0.15, -0.1) is 0 Å². The van der Waals surface area contributed by atoms with Crippen molar-refractivity contribution in [2.75, 3.05) is 6.54 Å². The van der Waals surface area contributed by atoms with E-state index in [9.17, 15) is 0 Å². The normalized spacial score (nSPS) is 38.2. The van der Waals surface area contributed by atoms with E-state index in [1.165, 1.54) is 32.2 Å². The van der Waals surface area contributed by atoms with Crippen molar-refractivity contribution in [2.24, 2.45) is 11.8 Å². The van der Waals surface area contributed by atoms with Crippen LogP contribution < -0.4 is 0 Å². The molecule has 1 aliphatic heterocycles. The molecular formula is C14H29N. The molecule has 0 N–H and O–H groups in total. The van der Waals surface area contributed by atoms with Crippen LogP contribution in [0.3, 0.4) is 0 Å². The van der Waals surface area contributed by atoms with E-state index in [1.54, 1.807) is 0 Å². The van der Waals surface area contributed by atoms with Crippen LogP contribution in [-0.4, -0.2) is 23.5 Å². The van der Waals surface area contributed by atoms with Gasteiger partial charge in [-0.2, -0.15) is 0 Å². The SMILES string of the molecule is CCCCCN1C(C)CC(C)C(C)C1C. The molecule has 0 aromatic heterocycles. The minimum atomic E-state index is 0.778. The maximum atomic E-state index is 2.74. The second kappa shape index (κ2) is 5.89. The lowest BCUT2D eigenvalue weighted by Crippen LogP contribution is -2.50. The third-order valence-corrected chi connectivity index (χ3v) is 4.48. The summed E-state index contributed by atoms with van der Waals surface area (Å²) in [4.78, 5) is 2.74. The average Bonchev–Trinajstić information content (AvgIpc) is 2.20. The first-order chi connectivity index (χ1) is 7.07. The summed E-state index contributed by atoms with van der Waals surface area (Å²) in [6.45, 7) is 13.3. The van der Waals surface area contributed by atoms with Crippen LogP contribution in [0.1, 0.15) is 60.3 Å². The van der Waals surface area contributed by atoms with E-state index < -0.39 is 0 Å². The molecule has 90 valence electrons. The van der Waals surface area contributed by atoms with E-state index in [2.05, 4.69) is 39.5 Å². The summed E-state index contributed by atoms with van der Waals surface area (Å²) < 4.78 is 0. The predicted molar refractivity (Wildman–Crippen MR) is 68.1 cm³/mol. The van der Waals surface area contributed by atoms with Crippen LogP contribution in [0.5, 0.6) is 0 Å². The molecule has 0 aromatic carbocycles. The fourth-order valence-corrected chi connectivity index (χ4v) is 3.04. The van der Waals surface area contributed by atoms with Gasteiger partial charge < -0.3 is 0 Å². The molecular weight excluding hydrogens is 182 g/mol. The van der Waals surface area contributed by atoms with Crippen molar-refractivity contribution in [3.8, 4) is 0 Å². The Labute approximate surface area is 96.2 Å². The second-order valence-electron chi connectivity index (χ2n) is 5.61. The number of unbranched alkanes of at least 4 members (excludes halogenated alkanes) is 2. The maximum Gasteiger partial charge on any atom is 0.00979 e. The quantitative estimate of drug-likeness (QED) is 0.637. The van der Waals surface area contributed by atoms with Crippen LogP contribution in [0.25, 0.3) is 0 Å². The molecule has 0 saturated carbocycles. The van der Waals surface area contributed by atoms with Crippen molar-refractivity contribution in [3.05, 3.63) is 0 Å². The highest BCUT2D eigenvalue weighted by Crippen LogP contribution is 2.32. The molecule has 1 nitrogen and oxygen atoms in total. The van der Waals surface area contributed by atoms with Crippen molar-refractivity contribution in [1.82, 2.24) is 4.90 Å². The Balaban J connectivity index is 2.46. The van der Waals surface area contributed by atoms with Crippen molar-refractivity contribution in [2.45, 2.75) is 72.4 Å². The first-order valence-electron chi connectivity index (χ1n) is 6.83. The molecule has 0 aliphatic carbocycles. The summed E-state index contributed by atoms with van der Waals surface area (Å²) in [6.07, 6.45) is 5.49. The molecule has 4 unspecified atom stereocenters. The zero-order chi connectivity index (χ0) is 11.4. The Bertz CT molecular complexity index is 178. The summed E-state index contributed by atoms with van der Waals surface area (Å²) in [5.74, 6) is 1.76. The fraction of sp³-hybridized carbons (Fsp3) is 1.00. The lowest BCUT2D eigenvalue weighted by atomic mass is 9.79. The Kier molecular flexibility index (Phi) is 5.11. The number of hydrogen-bond acceptors (Lipinski definition) is 1. The lowest BCUT2D eigenvalue weighted by molar-refractivity contribution is 0.0295. The van der Waals surface area contributed by atoms with Gasteiger partial charge in [-0.1, -0.05) is 33.6 Å². The van der Waals surface area contributed by atoms with Crippen LogP contribution in [-0.2, 0) is 0 Å². The van der Waals surface area contributed by atoms with E-state index in [-0.39, 0.29) is 0 Å². The summed E-state index contributed by atoms with van der Waals surface area (Å²) in [5, 5.41) is 0. The molecule has 1 aliphatic rings. The predicted octanol–water partition coefficient (Wildman–Crippen LogP) is 3.93. The molecule has 15 heavy (non-hydrogen) atoms. The van der Waals surface area contributed by atoms with E-state index in [0.717, 1.165) is 23.9 Å². The van der Waals surface area contributed by atoms with Gasteiger partial charge in [0.05, 0.1) is 0 Å². The summed E-state index contributed by atoms with van der Waals surface area (Å²) in [6, 6.07) is 1.57. The third-order valence-electron chi connectivity index (χ3n) is 4.48. The van der Waals surface area contributed by atoms with Gasteiger partial charge in [0.25, 0.3) is 0 Å². The molecule has 0 radical (unpaired) electrons.